The fraction of sp³-hybridized carbons (Fsp3) is 0.133. The molecule has 0 amide bonds. The van der Waals surface area contributed by atoms with Gasteiger partial charge < -0.3 is 5.32 Å². The lowest BCUT2D eigenvalue weighted by atomic mass is 10.1. The maximum absolute atomic E-state index is 11.4. The molecule has 0 saturated carbocycles. The molecule has 0 atom stereocenters. The number of thiazole rings is 1. The van der Waals surface area contributed by atoms with Crippen molar-refractivity contribution >= 4 is 28.7 Å². The van der Waals surface area contributed by atoms with Crippen molar-refractivity contribution in [2.45, 2.75) is 13.8 Å². The van der Waals surface area contributed by atoms with Gasteiger partial charge in [0, 0.05) is 29.0 Å². The molecule has 1 aromatic carbocycles. The minimum atomic E-state index is -0.404. The van der Waals surface area contributed by atoms with E-state index in [9.17, 15) is 10.1 Å². The third kappa shape index (κ3) is 3.16. The summed E-state index contributed by atoms with van der Waals surface area (Å²) in [5.41, 5.74) is 1.95. The Morgan fingerprint density at radius 2 is 1.96 bits per heavy atom. The number of hydrogen-bond acceptors (Lipinski definition) is 7. The average Bonchev–Trinajstić information content (AvgIpc) is 2.87. The van der Waals surface area contributed by atoms with Crippen LogP contribution in [-0.2, 0) is 0 Å². The molecule has 0 spiro atoms. The summed E-state index contributed by atoms with van der Waals surface area (Å²) in [6, 6.07) is 6.62. The van der Waals surface area contributed by atoms with E-state index in [1.54, 1.807) is 30.6 Å². The number of aryl methyl sites for hydroxylation is 2. The molecule has 0 aliphatic heterocycles. The molecule has 0 aliphatic rings. The Kier molecular flexibility index (Phi) is 3.98. The van der Waals surface area contributed by atoms with Gasteiger partial charge in [-0.05, 0) is 32.0 Å². The Morgan fingerprint density at radius 3 is 2.57 bits per heavy atom. The van der Waals surface area contributed by atoms with Crippen molar-refractivity contribution in [2.24, 2.45) is 0 Å². The number of benzene rings is 1. The molecule has 8 heteroatoms. The summed E-state index contributed by atoms with van der Waals surface area (Å²) in [5.74, 6) is 0.385. The highest BCUT2D eigenvalue weighted by molar-refractivity contribution is 7.15. The Labute approximate surface area is 136 Å². The molecule has 0 unspecified atom stereocenters. The topological polar surface area (TPSA) is 93.8 Å². The predicted octanol–water partition coefficient (Wildman–Crippen LogP) is 3.87. The second-order valence-electron chi connectivity index (χ2n) is 4.85. The van der Waals surface area contributed by atoms with Crippen molar-refractivity contribution in [3.63, 3.8) is 0 Å². The molecule has 7 nitrogen and oxygen atoms in total. The Balaban J connectivity index is 2.00. The molecule has 116 valence electrons. The van der Waals surface area contributed by atoms with Gasteiger partial charge in [0.25, 0.3) is 5.69 Å². The van der Waals surface area contributed by atoms with E-state index in [4.69, 9.17) is 0 Å². The molecule has 2 aromatic heterocycles. The van der Waals surface area contributed by atoms with Crippen LogP contribution in [0.15, 0.2) is 36.7 Å². The number of nitrogens with zero attached hydrogens (tertiary/aromatic N) is 4. The molecular formula is C15H13N5O2S. The maximum atomic E-state index is 11.4. The average molecular weight is 327 g/mol. The van der Waals surface area contributed by atoms with E-state index in [2.05, 4.69) is 20.3 Å². The second kappa shape index (κ2) is 6.09. The van der Waals surface area contributed by atoms with Crippen LogP contribution in [0.4, 0.5) is 17.3 Å². The van der Waals surface area contributed by atoms with Gasteiger partial charge in [-0.1, -0.05) is 0 Å². The van der Waals surface area contributed by atoms with E-state index in [0.717, 1.165) is 10.6 Å². The number of aromatic nitrogens is 3. The summed E-state index contributed by atoms with van der Waals surface area (Å²) in [6.07, 6.45) is 3.19. The highest BCUT2D eigenvalue weighted by Crippen LogP contribution is 2.36. The van der Waals surface area contributed by atoms with Crippen molar-refractivity contribution in [1.82, 2.24) is 15.0 Å². The first-order valence-corrected chi connectivity index (χ1v) is 7.63. The van der Waals surface area contributed by atoms with Gasteiger partial charge in [0.1, 0.15) is 5.01 Å². The summed E-state index contributed by atoms with van der Waals surface area (Å²) in [4.78, 5) is 24.6. The third-order valence-electron chi connectivity index (χ3n) is 3.28. The number of rotatable bonds is 4. The first-order valence-electron chi connectivity index (χ1n) is 6.81. The van der Waals surface area contributed by atoms with Gasteiger partial charge in [-0.25, -0.2) is 15.0 Å². The fourth-order valence-corrected chi connectivity index (χ4v) is 2.97. The number of hydrogen-bond donors (Lipinski definition) is 1. The van der Waals surface area contributed by atoms with Gasteiger partial charge in [-0.3, -0.25) is 10.1 Å². The van der Waals surface area contributed by atoms with Gasteiger partial charge in [-0.2, -0.15) is 0 Å². The zero-order valence-corrected chi connectivity index (χ0v) is 13.3. The molecule has 3 aromatic rings. The van der Waals surface area contributed by atoms with Gasteiger partial charge in [0.15, 0.2) is 0 Å². The van der Waals surface area contributed by atoms with Crippen LogP contribution in [-0.4, -0.2) is 19.9 Å². The van der Waals surface area contributed by atoms with E-state index in [1.807, 2.05) is 13.8 Å². The zero-order valence-electron chi connectivity index (χ0n) is 12.5. The molecule has 0 aliphatic carbocycles. The number of nitrogens with one attached hydrogen (secondary N) is 1. The van der Waals surface area contributed by atoms with Crippen molar-refractivity contribution < 1.29 is 4.92 Å². The number of nitro groups is 1. The molecule has 0 fully saturated rings. The van der Waals surface area contributed by atoms with Crippen LogP contribution in [0.2, 0.25) is 0 Å². The van der Waals surface area contributed by atoms with E-state index >= 15 is 0 Å². The van der Waals surface area contributed by atoms with E-state index < -0.39 is 4.92 Å². The monoisotopic (exact) mass is 327 g/mol. The van der Waals surface area contributed by atoms with Crippen LogP contribution in [0.5, 0.6) is 0 Å². The third-order valence-corrected chi connectivity index (χ3v) is 4.38. The summed E-state index contributed by atoms with van der Waals surface area (Å²) >= 11 is 1.45. The lowest BCUT2D eigenvalue weighted by molar-refractivity contribution is -0.384. The van der Waals surface area contributed by atoms with Crippen molar-refractivity contribution in [2.75, 3.05) is 5.32 Å². The highest BCUT2D eigenvalue weighted by Gasteiger charge is 2.19. The Bertz CT molecular complexity index is 844. The minimum absolute atomic E-state index is 0.000295. The second-order valence-corrected chi connectivity index (χ2v) is 6.05. The first-order chi connectivity index (χ1) is 11.0. The standard InChI is InChI=1S/C15H13N5O2S/c1-9-10(2)23-14(18-9)12-5-4-11(8-13(12)20(21)22)19-15-16-6-3-7-17-15/h3-8H,1-2H3,(H,16,17,19). The van der Waals surface area contributed by atoms with Crippen LogP contribution in [0.1, 0.15) is 10.6 Å². The summed E-state index contributed by atoms with van der Waals surface area (Å²) in [5, 5.41) is 15.0. The zero-order chi connectivity index (χ0) is 16.4. The molecular weight excluding hydrogens is 314 g/mol. The van der Waals surface area contributed by atoms with Crippen LogP contribution in [0.3, 0.4) is 0 Å². The Morgan fingerprint density at radius 1 is 1.22 bits per heavy atom. The predicted molar refractivity (Wildman–Crippen MR) is 89.0 cm³/mol. The van der Waals surface area contributed by atoms with Gasteiger partial charge in [-0.15, -0.1) is 11.3 Å². The first kappa shape index (κ1) is 15.0. The molecule has 23 heavy (non-hydrogen) atoms. The van der Waals surface area contributed by atoms with E-state index in [1.165, 1.54) is 17.4 Å². The molecule has 0 saturated heterocycles. The molecule has 3 rings (SSSR count). The normalized spacial score (nSPS) is 10.5. The molecule has 2 heterocycles. The van der Waals surface area contributed by atoms with Crippen LogP contribution in [0, 0.1) is 24.0 Å². The summed E-state index contributed by atoms with van der Waals surface area (Å²) < 4.78 is 0. The minimum Gasteiger partial charge on any atom is -0.324 e. The van der Waals surface area contributed by atoms with Crippen molar-refractivity contribution in [3.8, 4) is 10.6 Å². The smallest absolute Gasteiger partial charge is 0.281 e. The summed E-state index contributed by atoms with van der Waals surface area (Å²) in [7, 11) is 0. The lowest BCUT2D eigenvalue weighted by Gasteiger charge is -2.06. The lowest BCUT2D eigenvalue weighted by Crippen LogP contribution is -1.98. The van der Waals surface area contributed by atoms with Gasteiger partial charge in [0.2, 0.25) is 5.95 Å². The van der Waals surface area contributed by atoms with E-state index in [0.29, 0.717) is 22.2 Å². The van der Waals surface area contributed by atoms with Gasteiger partial charge >= 0.3 is 0 Å². The SMILES string of the molecule is Cc1nc(-c2ccc(Nc3ncccn3)cc2[N+](=O)[O-])sc1C. The summed E-state index contributed by atoms with van der Waals surface area (Å²) in [6.45, 7) is 3.84. The largest absolute Gasteiger partial charge is 0.324 e. The fourth-order valence-electron chi connectivity index (χ4n) is 2.02. The Hall–Kier alpha value is -2.87. The number of anilines is 2. The van der Waals surface area contributed by atoms with Crippen molar-refractivity contribution in [1.29, 1.82) is 0 Å². The highest BCUT2D eigenvalue weighted by atomic mass is 32.1. The van der Waals surface area contributed by atoms with Gasteiger partial charge in [0.05, 0.1) is 16.2 Å². The van der Waals surface area contributed by atoms with Crippen LogP contribution >= 0.6 is 11.3 Å². The molecule has 0 bridgehead atoms. The van der Waals surface area contributed by atoms with E-state index in [-0.39, 0.29) is 5.69 Å². The van der Waals surface area contributed by atoms with Crippen LogP contribution < -0.4 is 5.32 Å². The van der Waals surface area contributed by atoms with Crippen molar-refractivity contribution in [3.05, 3.63) is 57.3 Å². The molecule has 1 N–H and O–H groups in total. The number of nitro benzene ring substituents is 1. The van der Waals surface area contributed by atoms with Crippen LogP contribution in [0.25, 0.3) is 10.6 Å². The maximum Gasteiger partial charge on any atom is 0.281 e. The quantitative estimate of drug-likeness (QED) is 0.577. The molecule has 0 radical (unpaired) electrons.